The third kappa shape index (κ3) is 4.22. The Labute approximate surface area is 190 Å². The fraction of sp³-hybridized carbons (Fsp3) is 0.227. The maximum Gasteiger partial charge on any atom is 0.436 e. The molecule has 32 heavy (non-hydrogen) atoms. The Morgan fingerprint density at radius 3 is 2.47 bits per heavy atom. The summed E-state index contributed by atoms with van der Waals surface area (Å²) >= 11 is 7.36. The summed E-state index contributed by atoms with van der Waals surface area (Å²) in [5.74, 6) is -0.510. The number of carbonyl (C=O) groups excluding carboxylic acids is 1. The summed E-state index contributed by atoms with van der Waals surface area (Å²) in [4.78, 5) is 17.3. The van der Waals surface area contributed by atoms with Crippen LogP contribution in [0.4, 0.5) is 18.9 Å². The highest BCUT2D eigenvalue weighted by molar-refractivity contribution is 7.21. The minimum atomic E-state index is -4.70. The van der Waals surface area contributed by atoms with E-state index in [1.54, 1.807) is 23.5 Å². The third-order valence-corrected chi connectivity index (χ3v) is 6.55. The largest absolute Gasteiger partial charge is 0.436 e. The molecule has 0 bridgehead atoms. The summed E-state index contributed by atoms with van der Waals surface area (Å²) < 4.78 is 41.2. The molecular formula is C22H18ClF3N4OS. The molecule has 1 N–H and O–H groups in total. The van der Waals surface area contributed by atoms with Crippen LogP contribution in [-0.2, 0) is 11.0 Å². The summed E-state index contributed by atoms with van der Waals surface area (Å²) in [5.41, 5.74) is 2.37. The van der Waals surface area contributed by atoms with Crippen LogP contribution in [-0.4, -0.2) is 20.7 Å². The molecule has 10 heteroatoms. The van der Waals surface area contributed by atoms with Gasteiger partial charge in [0.15, 0.2) is 5.69 Å². The lowest BCUT2D eigenvalue weighted by Crippen LogP contribution is -2.25. The Morgan fingerprint density at radius 1 is 1.16 bits per heavy atom. The highest BCUT2D eigenvalue weighted by atomic mass is 35.5. The van der Waals surface area contributed by atoms with Crippen LogP contribution in [0.15, 0.2) is 42.5 Å². The number of carbonyl (C=O) groups is 1. The van der Waals surface area contributed by atoms with Crippen LogP contribution in [0.3, 0.4) is 0 Å². The number of amides is 1. The van der Waals surface area contributed by atoms with E-state index in [1.165, 1.54) is 13.8 Å². The molecule has 2 aromatic carbocycles. The molecule has 2 heterocycles. The summed E-state index contributed by atoms with van der Waals surface area (Å²) in [6.07, 6.45) is -4.70. The number of hydrogen-bond donors (Lipinski definition) is 1. The van der Waals surface area contributed by atoms with Crippen LogP contribution in [0.5, 0.6) is 0 Å². The first-order chi connectivity index (χ1) is 15.0. The zero-order valence-electron chi connectivity index (χ0n) is 17.3. The van der Waals surface area contributed by atoms with Gasteiger partial charge in [0.25, 0.3) is 0 Å². The van der Waals surface area contributed by atoms with Crippen molar-refractivity contribution in [2.24, 2.45) is 0 Å². The van der Waals surface area contributed by atoms with Gasteiger partial charge in [-0.25, -0.2) is 4.98 Å². The van der Waals surface area contributed by atoms with Crippen LogP contribution in [0, 0.1) is 13.8 Å². The molecule has 0 radical (unpaired) electrons. The minimum Gasteiger partial charge on any atom is -0.324 e. The molecule has 1 atom stereocenters. The van der Waals surface area contributed by atoms with E-state index >= 15 is 0 Å². The van der Waals surface area contributed by atoms with Gasteiger partial charge in [-0.3, -0.25) is 9.48 Å². The monoisotopic (exact) mass is 478 g/mol. The molecule has 0 aliphatic rings. The van der Waals surface area contributed by atoms with E-state index in [9.17, 15) is 18.0 Å². The van der Waals surface area contributed by atoms with E-state index < -0.39 is 28.8 Å². The molecule has 0 saturated heterocycles. The summed E-state index contributed by atoms with van der Waals surface area (Å²) in [6.45, 7) is 4.88. The van der Waals surface area contributed by atoms with Crippen LogP contribution in [0.25, 0.3) is 20.8 Å². The quantitative estimate of drug-likeness (QED) is 0.357. The number of anilines is 1. The van der Waals surface area contributed by atoms with Crippen molar-refractivity contribution < 1.29 is 18.0 Å². The molecule has 2 aromatic heterocycles. The zero-order chi connectivity index (χ0) is 23.2. The van der Waals surface area contributed by atoms with Gasteiger partial charge >= 0.3 is 6.18 Å². The molecule has 0 spiro atoms. The smallest absolute Gasteiger partial charge is 0.324 e. The zero-order valence-corrected chi connectivity index (χ0v) is 18.9. The predicted octanol–water partition coefficient (Wildman–Crippen LogP) is 6.65. The van der Waals surface area contributed by atoms with Crippen molar-refractivity contribution in [2.45, 2.75) is 33.0 Å². The van der Waals surface area contributed by atoms with Gasteiger partial charge in [0.2, 0.25) is 5.91 Å². The Bertz CT molecular complexity index is 1310. The van der Waals surface area contributed by atoms with Crippen LogP contribution < -0.4 is 5.32 Å². The van der Waals surface area contributed by atoms with Crippen molar-refractivity contribution in [2.75, 3.05) is 5.32 Å². The van der Waals surface area contributed by atoms with Crippen molar-refractivity contribution in [1.82, 2.24) is 14.8 Å². The summed E-state index contributed by atoms with van der Waals surface area (Å²) in [7, 11) is 0. The standard InChI is InChI=1S/C22H18ClF3N4OS/c1-11-4-9-16-17(10-11)32-21(28-16)14-5-7-15(8-6-14)27-20(31)13(3)30-12(2)18(23)19(29-30)22(24,25)26/h4-10,13H,1-3H3,(H,27,31). The molecular weight excluding hydrogens is 461 g/mol. The molecule has 5 nitrogen and oxygen atoms in total. The van der Waals surface area contributed by atoms with E-state index in [-0.39, 0.29) is 5.69 Å². The fourth-order valence-corrected chi connectivity index (χ4v) is 4.57. The lowest BCUT2D eigenvalue weighted by atomic mass is 10.2. The maximum atomic E-state index is 13.1. The number of halogens is 4. The van der Waals surface area contributed by atoms with Crippen molar-refractivity contribution in [1.29, 1.82) is 0 Å². The van der Waals surface area contributed by atoms with Crippen LogP contribution >= 0.6 is 22.9 Å². The first kappa shape index (κ1) is 22.3. The number of nitrogens with zero attached hydrogens (tertiary/aromatic N) is 3. The topological polar surface area (TPSA) is 59.8 Å². The number of hydrogen-bond acceptors (Lipinski definition) is 4. The van der Waals surface area contributed by atoms with Crippen molar-refractivity contribution in [3.05, 3.63) is 64.4 Å². The average molecular weight is 479 g/mol. The lowest BCUT2D eigenvalue weighted by molar-refractivity contribution is -0.141. The number of alkyl halides is 3. The number of nitrogens with one attached hydrogen (secondary N) is 1. The maximum absolute atomic E-state index is 13.1. The lowest BCUT2D eigenvalue weighted by Gasteiger charge is -2.14. The molecule has 1 unspecified atom stereocenters. The van der Waals surface area contributed by atoms with Gasteiger partial charge in [-0.2, -0.15) is 18.3 Å². The normalized spacial score (nSPS) is 12.8. The summed E-state index contributed by atoms with van der Waals surface area (Å²) in [6, 6.07) is 12.2. The predicted molar refractivity (Wildman–Crippen MR) is 120 cm³/mol. The molecule has 0 aliphatic heterocycles. The van der Waals surface area contributed by atoms with E-state index in [0.717, 1.165) is 31.0 Å². The number of aryl methyl sites for hydroxylation is 1. The van der Waals surface area contributed by atoms with E-state index in [2.05, 4.69) is 21.5 Å². The first-order valence-electron chi connectivity index (χ1n) is 9.65. The van der Waals surface area contributed by atoms with Crippen molar-refractivity contribution in [3.63, 3.8) is 0 Å². The van der Waals surface area contributed by atoms with Gasteiger partial charge in [-0.05, 0) is 62.7 Å². The summed E-state index contributed by atoms with van der Waals surface area (Å²) in [5, 5.41) is 6.58. The van der Waals surface area contributed by atoms with Gasteiger partial charge in [-0.15, -0.1) is 11.3 Å². The number of fused-ring (bicyclic) bond motifs is 1. The van der Waals surface area contributed by atoms with Crippen LogP contribution in [0.2, 0.25) is 5.02 Å². The number of thiazole rings is 1. The minimum absolute atomic E-state index is 0.0723. The van der Waals surface area contributed by atoms with Crippen LogP contribution in [0.1, 0.15) is 29.9 Å². The van der Waals surface area contributed by atoms with Crippen molar-refractivity contribution in [3.8, 4) is 10.6 Å². The number of benzene rings is 2. The Hall–Kier alpha value is -2.91. The first-order valence-corrected chi connectivity index (χ1v) is 10.8. The Balaban J connectivity index is 1.51. The second kappa shape index (κ2) is 8.22. The highest BCUT2D eigenvalue weighted by Crippen LogP contribution is 2.36. The molecule has 1 amide bonds. The third-order valence-electron chi connectivity index (χ3n) is 5.04. The fourth-order valence-electron chi connectivity index (χ4n) is 3.27. The molecule has 0 fully saturated rings. The van der Waals surface area contributed by atoms with E-state index in [0.29, 0.717) is 5.69 Å². The molecule has 4 aromatic rings. The van der Waals surface area contributed by atoms with E-state index in [4.69, 9.17) is 11.6 Å². The second-order valence-electron chi connectivity index (χ2n) is 7.42. The Morgan fingerprint density at radius 2 is 1.84 bits per heavy atom. The van der Waals surface area contributed by atoms with Gasteiger partial charge in [0.1, 0.15) is 11.0 Å². The number of aromatic nitrogens is 3. The second-order valence-corrected chi connectivity index (χ2v) is 8.83. The van der Waals surface area contributed by atoms with Gasteiger partial charge < -0.3 is 5.32 Å². The molecule has 166 valence electrons. The SMILES string of the molecule is Cc1ccc2nc(-c3ccc(NC(=O)C(C)n4nc(C(F)(F)F)c(Cl)c4C)cc3)sc2c1. The van der Waals surface area contributed by atoms with Gasteiger partial charge in [0.05, 0.1) is 20.9 Å². The van der Waals surface area contributed by atoms with Gasteiger partial charge in [-0.1, -0.05) is 17.7 Å². The molecule has 0 saturated carbocycles. The molecule has 4 rings (SSSR count). The van der Waals surface area contributed by atoms with E-state index in [1.807, 2.05) is 31.2 Å². The van der Waals surface area contributed by atoms with Gasteiger partial charge in [0, 0.05) is 11.3 Å². The molecule has 0 aliphatic carbocycles. The highest BCUT2D eigenvalue weighted by Gasteiger charge is 2.39. The average Bonchev–Trinajstić information content (AvgIpc) is 3.28. The Kier molecular flexibility index (Phi) is 5.72. The number of rotatable bonds is 4. The van der Waals surface area contributed by atoms with Crippen molar-refractivity contribution >= 4 is 44.7 Å².